The summed E-state index contributed by atoms with van der Waals surface area (Å²) in [7, 11) is 0. The zero-order chi connectivity index (χ0) is 21.6. The van der Waals surface area contributed by atoms with Crippen molar-refractivity contribution < 1.29 is 9.59 Å². The molecule has 1 aromatic heterocycles. The van der Waals surface area contributed by atoms with E-state index >= 15 is 0 Å². The van der Waals surface area contributed by atoms with Crippen LogP contribution in [-0.2, 0) is 10.3 Å². The first-order chi connectivity index (χ1) is 13.6. The number of urea groups is 1. The van der Waals surface area contributed by atoms with Crippen LogP contribution < -0.4 is 16.2 Å². The second kappa shape index (κ2) is 9.56. The Labute approximate surface area is 175 Å². The highest BCUT2D eigenvalue weighted by molar-refractivity contribution is 7.99. The summed E-state index contributed by atoms with van der Waals surface area (Å²) in [5.41, 5.74) is 8.72. The van der Waals surface area contributed by atoms with Gasteiger partial charge in [-0.25, -0.2) is 20.2 Å². The van der Waals surface area contributed by atoms with Crippen molar-refractivity contribution in [1.29, 1.82) is 0 Å². The number of carbonyl (C=O) groups excluding carboxylic acids is 2. The van der Waals surface area contributed by atoms with Crippen LogP contribution in [0.25, 0.3) is 5.57 Å². The second-order valence-electron chi connectivity index (χ2n) is 7.34. The number of amides is 3. The van der Waals surface area contributed by atoms with Gasteiger partial charge >= 0.3 is 6.03 Å². The summed E-state index contributed by atoms with van der Waals surface area (Å²) in [6, 6.07) is 9.18. The van der Waals surface area contributed by atoms with Gasteiger partial charge in [0.05, 0.1) is 11.3 Å². The number of hydrogen-bond donors (Lipinski definition) is 3. The lowest BCUT2D eigenvalue weighted by Gasteiger charge is -2.27. The van der Waals surface area contributed by atoms with Gasteiger partial charge in [-0.1, -0.05) is 42.1 Å². The number of nitrogens with one attached hydrogen (secondary N) is 3. The standard InChI is InChI=1S/C21H27N5O2S/c1-13(2)16-8-7-9-17(11-16)21(5,6)24-19(28)26-25-18(27)12-29-20-22-14(3)10-15(4)23-20/h7-11H,1,12H2,2-6H3,(H,25,27)(H2,24,26,28). The minimum absolute atomic E-state index is 0.0905. The Morgan fingerprint density at radius 2 is 1.76 bits per heavy atom. The molecule has 3 N–H and O–H groups in total. The SMILES string of the molecule is C=C(C)c1cccc(C(C)(C)NC(=O)NNC(=O)CSc2nc(C)cc(C)n2)c1. The molecule has 29 heavy (non-hydrogen) atoms. The van der Waals surface area contributed by atoms with Crippen molar-refractivity contribution in [2.75, 3.05) is 5.75 Å². The average molecular weight is 414 g/mol. The van der Waals surface area contributed by atoms with E-state index in [2.05, 4.69) is 32.7 Å². The first-order valence-electron chi connectivity index (χ1n) is 9.15. The fourth-order valence-corrected chi connectivity index (χ4v) is 3.36. The molecule has 0 spiro atoms. The Morgan fingerprint density at radius 3 is 2.38 bits per heavy atom. The normalized spacial score (nSPS) is 10.9. The monoisotopic (exact) mass is 413 g/mol. The molecule has 0 aliphatic rings. The average Bonchev–Trinajstić information content (AvgIpc) is 2.63. The molecule has 1 heterocycles. The van der Waals surface area contributed by atoms with Gasteiger partial charge in [0.15, 0.2) is 5.16 Å². The van der Waals surface area contributed by atoms with E-state index < -0.39 is 11.6 Å². The molecule has 154 valence electrons. The fraction of sp³-hybridized carbons (Fsp3) is 0.333. The molecule has 0 atom stereocenters. The van der Waals surface area contributed by atoms with Crippen LogP contribution in [0.5, 0.6) is 0 Å². The molecule has 1 aromatic carbocycles. The predicted molar refractivity (Wildman–Crippen MR) is 116 cm³/mol. The molecule has 0 radical (unpaired) electrons. The highest BCUT2D eigenvalue weighted by Gasteiger charge is 2.23. The van der Waals surface area contributed by atoms with Crippen LogP contribution in [-0.4, -0.2) is 27.7 Å². The Bertz CT molecular complexity index is 907. The van der Waals surface area contributed by atoms with E-state index in [0.29, 0.717) is 5.16 Å². The second-order valence-corrected chi connectivity index (χ2v) is 8.28. The third kappa shape index (κ3) is 6.90. The highest BCUT2D eigenvalue weighted by atomic mass is 32.2. The summed E-state index contributed by atoms with van der Waals surface area (Å²) >= 11 is 1.21. The van der Waals surface area contributed by atoms with Gasteiger partial charge < -0.3 is 5.32 Å². The van der Waals surface area contributed by atoms with Crippen LogP contribution >= 0.6 is 11.8 Å². The summed E-state index contributed by atoms with van der Waals surface area (Å²) in [5, 5.41) is 3.39. The molecule has 0 unspecified atom stereocenters. The summed E-state index contributed by atoms with van der Waals surface area (Å²) in [4.78, 5) is 32.8. The fourth-order valence-electron chi connectivity index (χ4n) is 2.61. The molecule has 2 aromatic rings. The van der Waals surface area contributed by atoms with Crippen LogP contribution in [0.15, 0.2) is 42.1 Å². The van der Waals surface area contributed by atoms with Crippen LogP contribution in [0.3, 0.4) is 0 Å². The predicted octanol–water partition coefficient (Wildman–Crippen LogP) is 3.48. The van der Waals surface area contributed by atoms with Gasteiger partial charge in [0.2, 0.25) is 5.91 Å². The van der Waals surface area contributed by atoms with Gasteiger partial charge in [0, 0.05) is 11.4 Å². The van der Waals surface area contributed by atoms with Gasteiger partial charge in [-0.15, -0.1) is 0 Å². The maximum Gasteiger partial charge on any atom is 0.334 e. The summed E-state index contributed by atoms with van der Waals surface area (Å²) < 4.78 is 0. The van der Waals surface area contributed by atoms with E-state index in [4.69, 9.17) is 0 Å². The van der Waals surface area contributed by atoms with Crippen molar-refractivity contribution in [3.63, 3.8) is 0 Å². The highest BCUT2D eigenvalue weighted by Crippen LogP contribution is 2.23. The molecule has 0 fully saturated rings. The number of aryl methyl sites for hydroxylation is 2. The number of hydrogen-bond acceptors (Lipinski definition) is 5. The number of aromatic nitrogens is 2. The van der Waals surface area contributed by atoms with E-state index in [0.717, 1.165) is 28.1 Å². The molecule has 8 heteroatoms. The molecule has 0 bridgehead atoms. The number of benzene rings is 1. The Kier molecular flexibility index (Phi) is 7.39. The topological polar surface area (TPSA) is 96.0 Å². The van der Waals surface area contributed by atoms with E-state index in [1.807, 2.05) is 65.0 Å². The molecule has 2 rings (SSSR count). The lowest BCUT2D eigenvalue weighted by molar-refractivity contribution is -0.119. The van der Waals surface area contributed by atoms with Crippen molar-refractivity contribution in [2.45, 2.75) is 45.3 Å². The summed E-state index contributed by atoms with van der Waals surface area (Å²) in [5.74, 6) is -0.261. The van der Waals surface area contributed by atoms with Gasteiger partial charge in [0.25, 0.3) is 0 Å². The Hall–Kier alpha value is -2.87. The molecule has 7 nitrogen and oxygen atoms in total. The van der Waals surface area contributed by atoms with Crippen LogP contribution in [0.4, 0.5) is 4.79 Å². The van der Waals surface area contributed by atoms with E-state index in [9.17, 15) is 9.59 Å². The number of thioether (sulfide) groups is 1. The zero-order valence-corrected chi connectivity index (χ0v) is 18.2. The quantitative estimate of drug-likeness (QED) is 0.383. The number of hydrazine groups is 1. The van der Waals surface area contributed by atoms with Gasteiger partial charge in [-0.05, 0) is 57.9 Å². The molecular formula is C21H27N5O2S. The maximum atomic E-state index is 12.2. The summed E-state index contributed by atoms with van der Waals surface area (Å²) in [6.07, 6.45) is 0. The molecule has 0 aliphatic heterocycles. The van der Waals surface area contributed by atoms with Crippen molar-refractivity contribution >= 4 is 29.3 Å². The van der Waals surface area contributed by atoms with E-state index in [1.165, 1.54) is 11.8 Å². The molecule has 0 saturated carbocycles. The zero-order valence-electron chi connectivity index (χ0n) is 17.4. The maximum absolute atomic E-state index is 12.2. The minimum atomic E-state index is -0.637. The number of rotatable bonds is 6. The van der Waals surface area contributed by atoms with Crippen molar-refractivity contribution in [3.8, 4) is 0 Å². The van der Waals surface area contributed by atoms with Gasteiger partial charge in [-0.2, -0.15) is 0 Å². The van der Waals surface area contributed by atoms with Gasteiger partial charge in [0.1, 0.15) is 0 Å². The molecular weight excluding hydrogens is 386 g/mol. The molecule has 0 saturated heterocycles. The number of carbonyl (C=O) groups is 2. The van der Waals surface area contributed by atoms with Crippen LogP contribution in [0.2, 0.25) is 0 Å². The third-order valence-electron chi connectivity index (χ3n) is 4.11. The Balaban J connectivity index is 1.85. The van der Waals surface area contributed by atoms with Crippen LogP contribution in [0, 0.1) is 13.8 Å². The lowest BCUT2D eigenvalue weighted by Crippen LogP contribution is -2.52. The minimum Gasteiger partial charge on any atom is -0.328 e. The van der Waals surface area contributed by atoms with E-state index in [1.54, 1.807) is 0 Å². The lowest BCUT2D eigenvalue weighted by atomic mass is 9.92. The van der Waals surface area contributed by atoms with Crippen molar-refractivity contribution in [2.24, 2.45) is 0 Å². The number of nitrogens with zero attached hydrogens (tertiary/aromatic N) is 2. The third-order valence-corrected chi connectivity index (χ3v) is 4.96. The first kappa shape index (κ1) is 22.4. The van der Waals surface area contributed by atoms with E-state index in [-0.39, 0.29) is 11.7 Å². The molecule has 0 aliphatic carbocycles. The van der Waals surface area contributed by atoms with Gasteiger partial charge in [-0.3, -0.25) is 10.2 Å². The first-order valence-corrected chi connectivity index (χ1v) is 10.1. The smallest absolute Gasteiger partial charge is 0.328 e. The largest absolute Gasteiger partial charge is 0.334 e. The summed E-state index contributed by atoms with van der Waals surface area (Å²) in [6.45, 7) is 13.4. The van der Waals surface area contributed by atoms with Crippen LogP contribution in [0.1, 0.15) is 43.3 Å². The van der Waals surface area contributed by atoms with Crippen molar-refractivity contribution in [3.05, 3.63) is 59.4 Å². The Morgan fingerprint density at radius 1 is 1.10 bits per heavy atom. The molecule has 3 amide bonds. The number of allylic oxidation sites excluding steroid dienone is 1. The van der Waals surface area contributed by atoms with Crippen molar-refractivity contribution in [1.82, 2.24) is 26.1 Å².